The number of halogens is 2. The van der Waals surface area contributed by atoms with Gasteiger partial charge >= 0.3 is 0 Å². The van der Waals surface area contributed by atoms with E-state index in [1.165, 1.54) is 6.92 Å². The van der Waals surface area contributed by atoms with Crippen LogP contribution < -0.4 is 15.0 Å². The zero-order chi connectivity index (χ0) is 19.1. The Kier molecular flexibility index (Phi) is 7.30. The van der Waals surface area contributed by atoms with Gasteiger partial charge in [0.2, 0.25) is 11.8 Å². The third-order valence-electron chi connectivity index (χ3n) is 3.55. The third-order valence-corrected chi connectivity index (χ3v) is 3.98. The highest BCUT2D eigenvalue weighted by Crippen LogP contribution is 2.23. The van der Waals surface area contributed by atoms with Crippen LogP contribution in [0.15, 0.2) is 42.5 Å². The van der Waals surface area contributed by atoms with Crippen LogP contribution in [0.5, 0.6) is 5.75 Å². The summed E-state index contributed by atoms with van der Waals surface area (Å²) in [6, 6.07) is 12.0. The second kappa shape index (κ2) is 9.46. The maximum atomic E-state index is 12.2. The Morgan fingerprint density at radius 2 is 1.69 bits per heavy atom. The summed E-state index contributed by atoms with van der Waals surface area (Å²) < 4.78 is 5.40. The van der Waals surface area contributed by atoms with Gasteiger partial charge in [0.25, 0.3) is 0 Å². The van der Waals surface area contributed by atoms with Crippen LogP contribution in [0.25, 0.3) is 0 Å². The lowest BCUT2D eigenvalue weighted by Gasteiger charge is -2.21. The molecule has 0 spiro atoms. The summed E-state index contributed by atoms with van der Waals surface area (Å²) in [5, 5.41) is 3.60. The SMILES string of the molecule is CCOc1ccc(N(CCC(=O)Nc2cc(Cl)cc(Cl)c2)C(C)=O)cc1. The van der Waals surface area contributed by atoms with Gasteiger partial charge in [0.05, 0.1) is 6.61 Å². The lowest BCUT2D eigenvalue weighted by molar-refractivity contribution is -0.117. The number of hydrogen-bond acceptors (Lipinski definition) is 3. The van der Waals surface area contributed by atoms with E-state index in [9.17, 15) is 9.59 Å². The van der Waals surface area contributed by atoms with Gasteiger partial charge in [0, 0.05) is 41.3 Å². The van der Waals surface area contributed by atoms with Crippen LogP contribution in [0.3, 0.4) is 0 Å². The van der Waals surface area contributed by atoms with E-state index in [0.29, 0.717) is 28.0 Å². The van der Waals surface area contributed by atoms with Crippen molar-refractivity contribution in [1.29, 1.82) is 0 Å². The fourth-order valence-electron chi connectivity index (χ4n) is 2.42. The second-order valence-electron chi connectivity index (χ2n) is 5.55. The molecular weight excluding hydrogens is 375 g/mol. The molecule has 0 bridgehead atoms. The van der Waals surface area contributed by atoms with Crippen molar-refractivity contribution in [3.63, 3.8) is 0 Å². The van der Waals surface area contributed by atoms with Crippen molar-refractivity contribution in [1.82, 2.24) is 0 Å². The minimum absolute atomic E-state index is 0.136. The molecule has 0 saturated heterocycles. The van der Waals surface area contributed by atoms with Crippen LogP contribution in [0, 0.1) is 0 Å². The average Bonchev–Trinajstić information content (AvgIpc) is 2.55. The standard InChI is InChI=1S/C19H20Cl2N2O3/c1-3-26-18-6-4-17(5-7-18)23(13(2)24)9-8-19(25)22-16-11-14(20)10-15(21)12-16/h4-7,10-12H,3,8-9H2,1-2H3,(H,22,25). The van der Waals surface area contributed by atoms with Gasteiger partial charge in [-0.15, -0.1) is 0 Å². The Morgan fingerprint density at radius 3 is 2.23 bits per heavy atom. The van der Waals surface area contributed by atoms with Crippen molar-refractivity contribution >= 4 is 46.4 Å². The molecule has 1 N–H and O–H groups in total. The fraction of sp³-hybridized carbons (Fsp3) is 0.263. The van der Waals surface area contributed by atoms with E-state index in [-0.39, 0.29) is 24.8 Å². The number of anilines is 2. The highest BCUT2D eigenvalue weighted by Gasteiger charge is 2.14. The maximum Gasteiger partial charge on any atom is 0.226 e. The van der Waals surface area contributed by atoms with Gasteiger partial charge in [0.15, 0.2) is 0 Å². The Bertz CT molecular complexity index is 759. The molecule has 26 heavy (non-hydrogen) atoms. The normalized spacial score (nSPS) is 10.3. The summed E-state index contributed by atoms with van der Waals surface area (Å²) in [5.74, 6) is 0.351. The number of carbonyl (C=O) groups excluding carboxylic acids is 2. The van der Waals surface area contributed by atoms with Gasteiger partial charge in [-0.1, -0.05) is 23.2 Å². The largest absolute Gasteiger partial charge is 0.494 e. The Hall–Kier alpha value is -2.24. The monoisotopic (exact) mass is 394 g/mol. The van der Waals surface area contributed by atoms with Crippen molar-refractivity contribution in [3.05, 3.63) is 52.5 Å². The average molecular weight is 395 g/mol. The second-order valence-corrected chi connectivity index (χ2v) is 6.43. The predicted octanol–water partition coefficient (Wildman–Crippen LogP) is 4.77. The molecular formula is C19H20Cl2N2O3. The molecule has 138 valence electrons. The molecule has 5 nitrogen and oxygen atoms in total. The van der Waals surface area contributed by atoms with Crippen molar-refractivity contribution < 1.29 is 14.3 Å². The molecule has 2 aromatic rings. The molecule has 0 aliphatic heterocycles. The minimum atomic E-state index is -0.236. The topological polar surface area (TPSA) is 58.6 Å². The first kappa shape index (κ1) is 20.1. The molecule has 0 heterocycles. The Morgan fingerprint density at radius 1 is 1.08 bits per heavy atom. The first-order chi connectivity index (χ1) is 12.4. The van der Waals surface area contributed by atoms with E-state index in [0.717, 1.165) is 5.75 Å². The molecule has 7 heteroatoms. The highest BCUT2D eigenvalue weighted by molar-refractivity contribution is 6.35. The molecule has 0 aliphatic rings. The Labute approximate surface area is 162 Å². The third kappa shape index (κ3) is 5.93. The van der Waals surface area contributed by atoms with E-state index < -0.39 is 0 Å². The minimum Gasteiger partial charge on any atom is -0.494 e. The highest BCUT2D eigenvalue weighted by atomic mass is 35.5. The lowest BCUT2D eigenvalue weighted by atomic mass is 10.2. The molecule has 2 rings (SSSR count). The molecule has 0 aromatic heterocycles. The summed E-state index contributed by atoms with van der Waals surface area (Å²) in [7, 11) is 0. The number of benzene rings is 2. The fourth-order valence-corrected chi connectivity index (χ4v) is 2.95. The molecule has 0 atom stereocenters. The van der Waals surface area contributed by atoms with Gasteiger partial charge in [0.1, 0.15) is 5.75 Å². The molecule has 0 radical (unpaired) electrons. The number of nitrogens with one attached hydrogen (secondary N) is 1. The molecule has 0 saturated carbocycles. The van der Waals surface area contributed by atoms with Gasteiger partial charge in [-0.3, -0.25) is 9.59 Å². The van der Waals surface area contributed by atoms with Crippen LogP contribution in [-0.2, 0) is 9.59 Å². The first-order valence-corrected chi connectivity index (χ1v) is 8.91. The summed E-state index contributed by atoms with van der Waals surface area (Å²) in [6.45, 7) is 4.19. The van der Waals surface area contributed by atoms with E-state index in [4.69, 9.17) is 27.9 Å². The van der Waals surface area contributed by atoms with Crippen LogP contribution in [0.1, 0.15) is 20.3 Å². The molecule has 2 aromatic carbocycles. The predicted molar refractivity (Wildman–Crippen MR) is 105 cm³/mol. The van der Waals surface area contributed by atoms with Crippen LogP contribution in [-0.4, -0.2) is 25.0 Å². The van der Waals surface area contributed by atoms with Crippen LogP contribution in [0.4, 0.5) is 11.4 Å². The van der Waals surface area contributed by atoms with Crippen molar-refractivity contribution in [2.75, 3.05) is 23.4 Å². The summed E-state index contributed by atoms with van der Waals surface area (Å²) in [6.07, 6.45) is 0.136. The van der Waals surface area contributed by atoms with E-state index in [2.05, 4.69) is 5.32 Å². The smallest absolute Gasteiger partial charge is 0.226 e. The number of amides is 2. The van der Waals surface area contributed by atoms with E-state index in [1.54, 1.807) is 47.4 Å². The number of ether oxygens (including phenoxy) is 1. The zero-order valence-electron chi connectivity index (χ0n) is 14.6. The number of rotatable bonds is 7. The van der Waals surface area contributed by atoms with Gasteiger partial charge in [-0.05, 0) is 49.4 Å². The summed E-state index contributed by atoms with van der Waals surface area (Å²) >= 11 is 11.8. The molecule has 2 amide bonds. The zero-order valence-corrected chi connectivity index (χ0v) is 16.1. The number of nitrogens with zero attached hydrogens (tertiary/aromatic N) is 1. The summed E-state index contributed by atoms with van der Waals surface area (Å²) in [5.41, 5.74) is 1.22. The lowest BCUT2D eigenvalue weighted by Crippen LogP contribution is -2.31. The molecule has 0 fully saturated rings. The summed E-state index contributed by atoms with van der Waals surface area (Å²) in [4.78, 5) is 25.7. The van der Waals surface area contributed by atoms with Crippen LogP contribution in [0.2, 0.25) is 10.0 Å². The van der Waals surface area contributed by atoms with Gasteiger partial charge in [-0.2, -0.15) is 0 Å². The molecule has 0 aliphatic carbocycles. The Balaban J connectivity index is 1.99. The van der Waals surface area contributed by atoms with E-state index in [1.807, 2.05) is 6.92 Å². The quantitative estimate of drug-likeness (QED) is 0.735. The van der Waals surface area contributed by atoms with E-state index >= 15 is 0 Å². The van der Waals surface area contributed by atoms with Crippen LogP contribution >= 0.6 is 23.2 Å². The van der Waals surface area contributed by atoms with Crippen molar-refractivity contribution in [2.24, 2.45) is 0 Å². The van der Waals surface area contributed by atoms with Crippen molar-refractivity contribution in [3.8, 4) is 5.75 Å². The number of carbonyl (C=O) groups is 2. The van der Waals surface area contributed by atoms with Gasteiger partial charge < -0.3 is 15.0 Å². The maximum absolute atomic E-state index is 12.2. The van der Waals surface area contributed by atoms with Gasteiger partial charge in [-0.25, -0.2) is 0 Å². The van der Waals surface area contributed by atoms with Crippen molar-refractivity contribution in [2.45, 2.75) is 20.3 Å². The molecule has 0 unspecified atom stereocenters. The number of hydrogen-bond donors (Lipinski definition) is 1. The first-order valence-electron chi connectivity index (χ1n) is 8.16.